The molecule has 0 aliphatic carbocycles. The Morgan fingerprint density at radius 2 is 1.88 bits per heavy atom. The van der Waals surface area contributed by atoms with E-state index in [4.69, 9.17) is 9.84 Å². The van der Waals surface area contributed by atoms with Crippen LogP contribution in [-0.2, 0) is 6.61 Å². The summed E-state index contributed by atoms with van der Waals surface area (Å²) >= 11 is 2.24. The van der Waals surface area contributed by atoms with Gasteiger partial charge in [-0.2, -0.15) is 0 Å². The zero-order chi connectivity index (χ0) is 11.4. The van der Waals surface area contributed by atoms with Crippen LogP contribution in [0.25, 0.3) is 0 Å². The molecule has 1 aromatic heterocycles. The average Bonchev–Trinajstić information content (AvgIpc) is 2.32. The largest absolute Gasteiger partial charge is 0.457 e. The number of hydrogen-bond acceptors (Lipinski definition) is 3. The molecule has 0 saturated heterocycles. The fourth-order valence-electron chi connectivity index (χ4n) is 1.24. The van der Waals surface area contributed by atoms with Crippen LogP contribution in [0.3, 0.4) is 0 Å². The molecule has 0 radical (unpaired) electrons. The van der Waals surface area contributed by atoms with E-state index in [1.807, 2.05) is 24.3 Å². The minimum atomic E-state index is -0.0795. The Hall–Kier alpha value is -1.14. The van der Waals surface area contributed by atoms with Crippen molar-refractivity contribution in [2.24, 2.45) is 0 Å². The number of ether oxygens (including phenoxy) is 1. The molecule has 0 spiro atoms. The third-order valence-corrected chi connectivity index (χ3v) is 2.72. The minimum Gasteiger partial charge on any atom is -0.457 e. The summed E-state index contributed by atoms with van der Waals surface area (Å²) in [6.07, 6.45) is 1.62. The predicted molar refractivity (Wildman–Crippen MR) is 69.4 cm³/mol. The fraction of sp³-hybridized carbons (Fsp3) is 0.0833. The minimum absolute atomic E-state index is 0.0795. The molecule has 82 valence electrons. The monoisotopic (exact) mass is 327 g/mol. The molecule has 0 atom stereocenters. The van der Waals surface area contributed by atoms with Crippen molar-refractivity contribution in [3.05, 3.63) is 51.9 Å². The maximum Gasteiger partial charge on any atom is 0.130 e. The van der Waals surface area contributed by atoms with Gasteiger partial charge in [0.25, 0.3) is 0 Å². The van der Waals surface area contributed by atoms with E-state index in [-0.39, 0.29) is 6.61 Å². The topological polar surface area (TPSA) is 42.4 Å². The van der Waals surface area contributed by atoms with Gasteiger partial charge < -0.3 is 9.84 Å². The third kappa shape index (κ3) is 2.93. The number of rotatable bonds is 3. The Balaban J connectivity index is 2.16. The highest BCUT2D eigenvalue weighted by Crippen LogP contribution is 2.22. The zero-order valence-corrected chi connectivity index (χ0v) is 10.6. The number of pyridine rings is 1. The van der Waals surface area contributed by atoms with Gasteiger partial charge in [-0.15, -0.1) is 0 Å². The van der Waals surface area contributed by atoms with E-state index < -0.39 is 0 Å². The van der Waals surface area contributed by atoms with E-state index in [1.165, 1.54) is 0 Å². The number of aliphatic hydroxyl groups excluding tert-OH is 1. The number of halogens is 1. The fourth-order valence-corrected chi connectivity index (χ4v) is 1.60. The Labute approximate surface area is 107 Å². The molecule has 0 unspecified atom stereocenters. The second kappa shape index (κ2) is 5.27. The molecule has 0 aliphatic heterocycles. The molecule has 2 aromatic rings. The van der Waals surface area contributed by atoms with E-state index >= 15 is 0 Å². The summed E-state index contributed by atoms with van der Waals surface area (Å²) < 4.78 is 6.78. The number of aromatic nitrogens is 1. The Morgan fingerprint density at radius 1 is 1.12 bits per heavy atom. The molecule has 16 heavy (non-hydrogen) atoms. The Bertz CT molecular complexity index is 471. The first-order valence-electron chi connectivity index (χ1n) is 4.77. The van der Waals surface area contributed by atoms with Gasteiger partial charge in [-0.3, -0.25) is 4.98 Å². The zero-order valence-electron chi connectivity index (χ0n) is 8.43. The van der Waals surface area contributed by atoms with Gasteiger partial charge >= 0.3 is 0 Å². The van der Waals surface area contributed by atoms with Crippen molar-refractivity contribution in [1.82, 2.24) is 4.98 Å². The van der Waals surface area contributed by atoms with Gasteiger partial charge in [0.15, 0.2) is 0 Å². The Kier molecular flexibility index (Phi) is 3.74. The first-order valence-corrected chi connectivity index (χ1v) is 5.85. The molecule has 4 heteroatoms. The van der Waals surface area contributed by atoms with E-state index in [9.17, 15) is 0 Å². The van der Waals surface area contributed by atoms with Crippen molar-refractivity contribution in [2.75, 3.05) is 0 Å². The van der Waals surface area contributed by atoms with Crippen LogP contribution < -0.4 is 4.74 Å². The van der Waals surface area contributed by atoms with Crippen molar-refractivity contribution in [3.63, 3.8) is 0 Å². The summed E-state index contributed by atoms with van der Waals surface area (Å²) in [5, 5.41) is 8.95. The molecule has 0 aliphatic rings. The van der Waals surface area contributed by atoms with Crippen molar-refractivity contribution in [2.45, 2.75) is 6.61 Å². The summed E-state index contributed by atoms with van der Waals surface area (Å²) in [6.45, 7) is -0.0795. The van der Waals surface area contributed by atoms with Crippen LogP contribution in [0.1, 0.15) is 5.69 Å². The maximum atomic E-state index is 8.95. The van der Waals surface area contributed by atoms with Gasteiger partial charge in [-0.05, 0) is 52.9 Å². The van der Waals surface area contributed by atoms with Crippen molar-refractivity contribution >= 4 is 22.6 Å². The number of hydrogen-bond donors (Lipinski definition) is 1. The lowest BCUT2D eigenvalue weighted by Gasteiger charge is -2.06. The maximum absolute atomic E-state index is 8.95. The van der Waals surface area contributed by atoms with Crippen LogP contribution in [0.5, 0.6) is 11.5 Å². The van der Waals surface area contributed by atoms with E-state index in [1.54, 1.807) is 18.3 Å². The smallest absolute Gasteiger partial charge is 0.130 e. The molecule has 0 amide bonds. The van der Waals surface area contributed by atoms with E-state index in [0.29, 0.717) is 11.4 Å². The van der Waals surface area contributed by atoms with Crippen LogP contribution in [0.2, 0.25) is 0 Å². The molecule has 0 fully saturated rings. The first-order chi connectivity index (χ1) is 7.78. The molecule has 0 bridgehead atoms. The van der Waals surface area contributed by atoms with Crippen LogP contribution in [0.4, 0.5) is 0 Å². The van der Waals surface area contributed by atoms with Gasteiger partial charge in [0.1, 0.15) is 11.5 Å². The van der Waals surface area contributed by atoms with Crippen molar-refractivity contribution in [1.29, 1.82) is 0 Å². The lowest BCUT2D eigenvalue weighted by atomic mass is 10.3. The average molecular weight is 327 g/mol. The highest BCUT2D eigenvalue weighted by Gasteiger charge is 1.99. The highest BCUT2D eigenvalue weighted by atomic mass is 127. The normalized spacial score (nSPS) is 10.1. The second-order valence-corrected chi connectivity index (χ2v) is 4.44. The number of benzene rings is 1. The lowest BCUT2D eigenvalue weighted by Crippen LogP contribution is -1.90. The summed E-state index contributed by atoms with van der Waals surface area (Å²) in [4.78, 5) is 3.98. The SMILES string of the molecule is OCc1cc(Oc2ccc(I)cc2)ccn1. The van der Waals surface area contributed by atoms with Gasteiger partial charge in [-0.1, -0.05) is 0 Å². The number of nitrogens with zero attached hydrogens (tertiary/aromatic N) is 1. The van der Waals surface area contributed by atoms with Gasteiger partial charge in [0, 0.05) is 15.8 Å². The van der Waals surface area contributed by atoms with Crippen LogP contribution in [0.15, 0.2) is 42.6 Å². The van der Waals surface area contributed by atoms with Crippen molar-refractivity contribution in [3.8, 4) is 11.5 Å². The lowest BCUT2D eigenvalue weighted by molar-refractivity contribution is 0.276. The third-order valence-electron chi connectivity index (χ3n) is 2.00. The second-order valence-electron chi connectivity index (χ2n) is 3.20. The molecule has 0 saturated carbocycles. The highest BCUT2D eigenvalue weighted by molar-refractivity contribution is 14.1. The molecule has 2 rings (SSSR count). The quantitative estimate of drug-likeness (QED) is 0.882. The standard InChI is InChI=1S/C12H10INO2/c13-9-1-3-11(4-2-9)16-12-5-6-14-10(7-12)8-15/h1-7,15H,8H2. The molecule has 1 heterocycles. The van der Waals surface area contributed by atoms with E-state index in [0.717, 1.165) is 9.32 Å². The Morgan fingerprint density at radius 3 is 2.56 bits per heavy atom. The molecular weight excluding hydrogens is 317 g/mol. The molecule has 3 nitrogen and oxygen atoms in total. The predicted octanol–water partition coefficient (Wildman–Crippen LogP) is 2.97. The van der Waals surface area contributed by atoms with Crippen LogP contribution in [0, 0.1) is 3.57 Å². The molecular formula is C12H10INO2. The van der Waals surface area contributed by atoms with Crippen LogP contribution in [-0.4, -0.2) is 10.1 Å². The summed E-state index contributed by atoms with van der Waals surface area (Å²) in [5.74, 6) is 1.45. The first kappa shape index (κ1) is 11.3. The number of aliphatic hydroxyl groups is 1. The van der Waals surface area contributed by atoms with Crippen LogP contribution >= 0.6 is 22.6 Å². The summed E-state index contributed by atoms with van der Waals surface area (Å²) in [5.41, 5.74) is 0.600. The molecule has 1 aromatic carbocycles. The van der Waals surface area contributed by atoms with E-state index in [2.05, 4.69) is 27.6 Å². The molecule has 1 N–H and O–H groups in total. The van der Waals surface area contributed by atoms with Gasteiger partial charge in [-0.25, -0.2) is 0 Å². The summed E-state index contributed by atoms with van der Waals surface area (Å²) in [6, 6.07) is 11.2. The van der Waals surface area contributed by atoms with Gasteiger partial charge in [0.05, 0.1) is 12.3 Å². The van der Waals surface area contributed by atoms with Gasteiger partial charge in [0.2, 0.25) is 0 Å². The summed E-state index contributed by atoms with van der Waals surface area (Å²) in [7, 11) is 0. The van der Waals surface area contributed by atoms with Crippen molar-refractivity contribution < 1.29 is 9.84 Å².